The number of nitrogens with zero attached hydrogens (tertiary/aromatic N) is 2. The van der Waals surface area contributed by atoms with Crippen LogP contribution in [0.3, 0.4) is 0 Å². The molecular formula is C26H21Cl2N3O5S2. The Morgan fingerprint density at radius 2 is 1.71 bits per heavy atom. The van der Waals surface area contributed by atoms with Gasteiger partial charge in [0.05, 0.1) is 36.5 Å². The van der Waals surface area contributed by atoms with E-state index >= 15 is 0 Å². The van der Waals surface area contributed by atoms with Crippen molar-refractivity contribution in [2.75, 3.05) is 23.8 Å². The Hall–Kier alpha value is -3.31. The highest BCUT2D eigenvalue weighted by Gasteiger charge is 2.49. The third-order valence-corrected chi connectivity index (χ3v) is 8.95. The molecule has 38 heavy (non-hydrogen) atoms. The molecule has 3 aromatic carbocycles. The van der Waals surface area contributed by atoms with Gasteiger partial charge in [0, 0.05) is 16.0 Å². The molecule has 2 unspecified atom stereocenters. The fraction of sp³-hybridized carbons (Fsp3) is 0.154. The van der Waals surface area contributed by atoms with Gasteiger partial charge in [0.25, 0.3) is 10.0 Å². The number of halogens is 2. The van der Waals surface area contributed by atoms with Crippen LogP contribution in [-0.4, -0.2) is 38.9 Å². The van der Waals surface area contributed by atoms with Crippen LogP contribution in [0, 0.1) is 0 Å². The molecule has 1 saturated heterocycles. The van der Waals surface area contributed by atoms with Crippen LogP contribution >= 0.6 is 34.5 Å². The minimum Gasteiger partial charge on any atom is -0.493 e. The minimum atomic E-state index is -3.87. The van der Waals surface area contributed by atoms with Gasteiger partial charge in [0.1, 0.15) is 5.38 Å². The number of ether oxygens (including phenoxy) is 2. The van der Waals surface area contributed by atoms with E-state index in [1.165, 1.54) is 47.6 Å². The van der Waals surface area contributed by atoms with E-state index in [-0.39, 0.29) is 10.8 Å². The number of thiazole rings is 1. The van der Waals surface area contributed by atoms with Crippen LogP contribution in [0.1, 0.15) is 11.6 Å². The zero-order valence-electron chi connectivity index (χ0n) is 20.1. The van der Waals surface area contributed by atoms with Gasteiger partial charge in [-0.1, -0.05) is 35.9 Å². The monoisotopic (exact) mass is 589 g/mol. The van der Waals surface area contributed by atoms with E-state index in [4.69, 9.17) is 32.7 Å². The number of aromatic nitrogens is 1. The highest BCUT2D eigenvalue weighted by molar-refractivity contribution is 7.92. The van der Waals surface area contributed by atoms with Crippen molar-refractivity contribution in [3.63, 3.8) is 0 Å². The van der Waals surface area contributed by atoms with Crippen LogP contribution in [0.4, 0.5) is 10.8 Å². The quantitative estimate of drug-likeness (QED) is 0.201. The second kappa shape index (κ2) is 10.5. The number of β-lactam (4-membered cyclic amide) rings is 1. The van der Waals surface area contributed by atoms with Gasteiger partial charge in [0.15, 0.2) is 16.6 Å². The number of para-hydroxylation sites is 1. The Labute approximate surface area is 233 Å². The third-order valence-electron chi connectivity index (χ3n) is 6.05. The van der Waals surface area contributed by atoms with Crippen LogP contribution in [0.15, 0.2) is 77.0 Å². The maximum Gasteiger partial charge on any atom is 0.261 e. The summed E-state index contributed by atoms with van der Waals surface area (Å²) in [6.45, 7) is 0. The maximum atomic E-state index is 13.0. The molecule has 8 nitrogen and oxygen atoms in total. The lowest BCUT2D eigenvalue weighted by Crippen LogP contribution is -2.56. The molecule has 1 fully saturated rings. The molecule has 0 bridgehead atoms. The Balaban J connectivity index is 1.45. The number of sulfonamides is 1. The van der Waals surface area contributed by atoms with Crippen molar-refractivity contribution in [2.45, 2.75) is 16.3 Å². The molecule has 1 aliphatic heterocycles. The number of alkyl halides is 1. The SMILES string of the molecule is COc1ccc(C2C(Cl)C(=O)N2c2nc(-c3ccccc3NS(=O)(=O)c3ccc(Cl)cc3)cs2)cc1OC. The van der Waals surface area contributed by atoms with E-state index in [0.717, 1.165) is 5.56 Å². The van der Waals surface area contributed by atoms with E-state index in [9.17, 15) is 13.2 Å². The van der Waals surface area contributed by atoms with Gasteiger partial charge < -0.3 is 9.47 Å². The van der Waals surface area contributed by atoms with Gasteiger partial charge in [-0.2, -0.15) is 0 Å². The van der Waals surface area contributed by atoms with Gasteiger partial charge >= 0.3 is 0 Å². The Morgan fingerprint density at radius 1 is 1.00 bits per heavy atom. The molecular weight excluding hydrogens is 569 g/mol. The summed E-state index contributed by atoms with van der Waals surface area (Å²) in [7, 11) is -0.790. The number of amides is 1. The number of hydrogen-bond acceptors (Lipinski definition) is 7. The van der Waals surface area contributed by atoms with Crippen LogP contribution in [0.5, 0.6) is 11.5 Å². The average molecular weight is 591 g/mol. The molecule has 1 aliphatic rings. The lowest BCUT2D eigenvalue weighted by Gasteiger charge is -2.42. The molecule has 1 N–H and O–H groups in total. The first-order chi connectivity index (χ1) is 18.2. The van der Waals surface area contributed by atoms with Crippen molar-refractivity contribution in [2.24, 2.45) is 0 Å². The summed E-state index contributed by atoms with van der Waals surface area (Å²) in [5.41, 5.74) is 2.19. The van der Waals surface area contributed by atoms with Crippen molar-refractivity contribution in [1.82, 2.24) is 4.98 Å². The van der Waals surface area contributed by atoms with E-state index in [2.05, 4.69) is 9.71 Å². The highest BCUT2D eigenvalue weighted by Crippen LogP contribution is 2.46. The molecule has 0 aliphatic carbocycles. The summed E-state index contributed by atoms with van der Waals surface area (Å²) in [5.74, 6) is 0.813. The number of nitrogens with one attached hydrogen (secondary N) is 1. The second-order valence-corrected chi connectivity index (χ2v) is 11.7. The topological polar surface area (TPSA) is 97.8 Å². The Kier molecular flexibility index (Phi) is 7.23. The third kappa shape index (κ3) is 4.80. The van der Waals surface area contributed by atoms with Gasteiger partial charge in [-0.25, -0.2) is 13.4 Å². The zero-order chi connectivity index (χ0) is 27.0. The van der Waals surface area contributed by atoms with E-state index in [0.29, 0.717) is 38.6 Å². The molecule has 0 saturated carbocycles. The maximum absolute atomic E-state index is 13.0. The van der Waals surface area contributed by atoms with Crippen LogP contribution in [0.2, 0.25) is 5.02 Å². The minimum absolute atomic E-state index is 0.0766. The summed E-state index contributed by atoms with van der Waals surface area (Å²) in [6, 6.07) is 17.7. The van der Waals surface area contributed by atoms with Crippen molar-refractivity contribution in [3.05, 3.63) is 82.7 Å². The molecule has 5 rings (SSSR count). The molecule has 4 aromatic rings. The molecule has 0 spiro atoms. The fourth-order valence-electron chi connectivity index (χ4n) is 4.13. The normalized spacial score (nSPS) is 17.2. The van der Waals surface area contributed by atoms with Gasteiger partial charge in [-0.05, 0) is 48.0 Å². The largest absolute Gasteiger partial charge is 0.493 e. The number of hydrogen-bond donors (Lipinski definition) is 1. The standard InChI is InChI=1S/C26H21Cl2N3O5S2/c1-35-21-12-7-15(13-22(21)36-2)24-23(28)25(32)31(24)26-29-20(14-37-26)18-5-3-4-6-19(18)30-38(33,34)17-10-8-16(27)9-11-17/h3-14,23-24,30H,1-2H3. The van der Waals surface area contributed by atoms with Gasteiger partial charge in [-0.3, -0.25) is 14.4 Å². The number of carbonyl (C=O) groups excluding carboxylic acids is 1. The molecule has 0 radical (unpaired) electrons. The predicted molar refractivity (Wildman–Crippen MR) is 149 cm³/mol. The van der Waals surface area contributed by atoms with Gasteiger partial charge in [-0.15, -0.1) is 22.9 Å². The van der Waals surface area contributed by atoms with Gasteiger partial charge in [0.2, 0.25) is 5.91 Å². The molecule has 2 heterocycles. The smallest absolute Gasteiger partial charge is 0.261 e. The number of rotatable bonds is 8. The summed E-state index contributed by atoms with van der Waals surface area (Å²) >= 11 is 13.6. The summed E-state index contributed by atoms with van der Waals surface area (Å²) in [6.07, 6.45) is 0. The molecule has 2 atom stereocenters. The van der Waals surface area contributed by atoms with Crippen molar-refractivity contribution in [1.29, 1.82) is 0 Å². The summed E-state index contributed by atoms with van der Waals surface area (Å²) in [4.78, 5) is 19.1. The molecule has 196 valence electrons. The average Bonchev–Trinajstić information content (AvgIpc) is 3.40. The zero-order valence-corrected chi connectivity index (χ0v) is 23.2. The lowest BCUT2D eigenvalue weighted by molar-refractivity contribution is -0.123. The number of methoxy groups -OCH3 is 2. The number of anilines is 2. The van der Waals surface area contributed by atoms with Crippen molar-refractivity contribution in [3.8, 4) is 22.8 Å². The lowest BCUT2D eigenvalue weighted by atomic mass is 9.93. The number of benzene rings is 3. The van der Waals surface area contributed by atoms with E-state index < -0.39 is 21.4 Å². The first-order valence-electron chi connectivity index (χ1n) is 11.3. The fourth-order valence-corrected chi connectivity index (χ4v) is 6.57. The van der Waals surface area contributed by atoms with Crippen LogP contribution in [-0.2, 0) is 14.8 Å². The van der Waals surface area contributed by atoms with Crippen LogP contribution in [0.25, 0.3) is 11.3 Å². The first kappa shape index (κ1) is 26.3. The highest BCUT2D eigenvalue weighted by atomic mass is 35.5. The molecule has 1 aromatic heterocycles. The van der Waals surface area contributed by atoms with Crippen molar-refractivity contribution < 1.29 is 22.7 Å². The van der Waals surface area contributed by atoms with E-state index in [1.807, 2.05) is 6.07 Å². The number of carbonyl (C=O) groups is 1. The van der Waals surface area contributed by atoms with E-state index in [1.54, 1.807) is 48.9 Å². The Morgan fingerprint density at radius 3 is 2.42 bits per heavy atom. The Bertz CT molecular complexity index is 1610. The van der Waals surface area contributed by atoms with Crippen LogP contribution < -0.4 is 19.1 Å². The molecule has 12 heteroatoms. The summed E-state index contributed by atoms with van der Waals surface area (Å²) in [5, 5.41) is 1.88. The van der Waals surface area contributed by atoms with Crippen molar-refractivity contribution >= 4 is 61.3 Å². The molecule has 1 amide bonds. The first-order valence-corrected chi connectivity index (χ1v) is 14.4. The predicted octanol–water partition coefficient (Wildman–Crippen LogP) is 5.98. The second-order valence-electron chi connectivity index (χ2n) is 8.29. The summed E-state index contributed by atoms with van der Waals surface area (Å²) < 4.78 is 39.3.